The minimum Gasteiger partial charge on any atom is -0.493 e. The molecule has 6 nitrogen and oxygen atoms in total. The van der Waals surface area contributed by atoms with Crippen LogP contribution in [0.15, 0.2) is 36.4 Å². The van der Waals surface area contributed by atoms with Crippen LogP contribution in [0.3, 0.4) is 0 Å². The molecule has 0 radical (unpaired) electrons. The van der Waals surface area contributed by atoms with E-state index in [1.807, 2.05) is 11.0 Å². The molecular formula is C33H45ClFN3O3. The summed E-state index contributed by atoms with van der Waals surface area (Å²) in [4.78, 5) is 20.8. The van der Waals surface area contributed by atoms with Crippen LogP contribution in [0.25, 0.3) is 0 Å². The zero-order valence-electron chi connectivity index (χ0n) is 24.7. The number of hydrogen-bond acceptors (Lipinski definition) is 5. The highest BCUT2D eigenvalue weighted by atomic mass is 35.5. The minimum absolute atomic E-state index is 0.0302. The molecule has 0 aliphatic carbocycles. The number of piperidine rings is 3. The van der Waals surface area contributed by atoms with E-state index in [1.54, 1.807) is 26.4 Å². The molecule has 0 saturated carbocycles. The lowest BCUT2D eigenvalue weighted by Gasteiger charge is -2.45. The van der Waals surface area contributed by atoms with Gasteiger partial charge in [-0.2, -0.15) is 0 Å². The fourth-order valence-electron chi connectivity index (χ4n) is 7.22. The molecule has 0 spiro atoms. The topological polar surface area (TPSA) is 45.2 Å². The van der Waals surface area contributed by atoms with Crippen molar-refractivity contribution in [1.82, 2.24) is 14.7 Å². The van der Waals surface area contributed by atoms with Crippen LogP contribution in [-0.2, 0) is 16.6 Å². The molecule has 8 heteroatoms. The fourth-order valence-corrected chi connectivity index (χ4v) is 7.45. The van der Waals surface area contributed by atoms with Gasteiger partial charge in [-0.15, -0.1) is 0 Å². The SMILES string of the molecule is COc1ccc(C2(CCN3CCC(N4CCCCC4)CC3)CCCN(C(=O)Cc3c(F)cccc3Cl)C2)cc1OC. The number of carbonyl (C=O) groups excluding carboxylic acids is 1. The number of ether oxygens (including phenoxy) is 2. The van der Waals surface area contributed by atoms with Crippen LogP contribution in [0.1, 0.15) is 62.5 Å². The summed E-state index contributed by atoms with van der Waals surface area (Å²) in [5.41, 5.74) is 1.22. The number of benzene rings is 2. The molecule has 1 atom stereocenters. The number of rotatable bonds is 9. The number of nitrogens with zero attached hydrogens (tertiary/aromatic N) is 3. The Morgan fingerprint density at radius 1 is 0.976 bits per heavy atom. The van der Waals surface area contributed by atoms with Gasteiger partial charge in [-0.25, -0.2) is 4.39 Å². The molecule has 5 rings (SSSR count). The van der Waals surface area contributed by atoms with Gasteiger partial charge in [0.05, 0.1) is 20.6 Å². The standard InChI is InChI=1S/C33H45ClFN3O3/c1-40-30-11-10-25(22-31(30)41-2)33(15-21-36-19-12-26(13-20-36)37-16-4-3-5-17-37)14-7-18-38(24-33)32(39)23-27-28(34)8-6-9-29(27)35/h6,8-11,22,26H,3-5,7,12-21,23-24H2,1-2H3. The van der Waals surface area contributed by atoms with Gasteiger partial charge in [0.1, 0.15) is 5.82 Å². The van der Waals surface area contributed by atoms with Crippen molar-refractivity contribution >= 4 is 17.5 Å². The highest BCUT2D eigenvalue weighted by Gasteiger charge is 2.40. The molecule has 3 aliphatic heterocycles. The normalized spacial score (nSPS) is 23.0. The second-order valence-corrected chi connectivity index (χ2v) is 12.5. The summed E-state index contributed by atoms with van der Waals surface area (Å²) in [6.45, 7) is 7.01. The van der Waals surface area contributed by atoms with Gasteiger partial charge in [0, 0.05) is 35.1 Å². The molecule has 3 saturated heterocycles. The first kappa shape index (κ1) is 30.1. The third-order valence-corrected chi connectivity index (χ3v) is 10.0. The van der Waals surface area contributed by atoms with E-state index in [-0.39, 0.29) is 23.3 Å². The monoisotopic (exact) mass is 585 g/mol. The molecule has 2 aromatic rings. The number of hydrogen-bond donors (Lipinski definition) is 0. The molecule has 0 aromatic heterocycles. The van der Waals surface area contributed by atoms with E-state index < -0.39 is 5.82 Å². The summed E-state index contributed by atoms with van der Waals surface area (Å²) in [6.07, 6.45) is 9.31. The predicted molar refractivity (Wildman–Crippen MR) is 162 cm³/mol. The van der Waals surface area contributed by atoms with Gasteiger partial charge in [0.2, 0.25) is 5.91 Å². The molecule has 41 heavy (non-hydrogen) atoms. The summed E-state index contributed by atoms with van der Waals surface area (Å²) in [5.74, 6) is 0.892. The van der Waals surface area contributed by atoms with E-state index in [0.29, 0.717) is 29.6 Å². The largest absolute Gasteiger partial charge is 0.493 e. The smallest absolute Gasteiger partial charge is 0.227 e. The van der Waals surface area contributed by atoms with E-state index in [2.05, 4.69) is 21.9 Å². The average molecular weight is 586 g/mol. The Kier molecular flexibility index (Phi) is 10.1. The van der Waals surface area contributed by atoms with E-state index in [4.69, 9.17) is 21.1 Å². The molecular weight excluding hydrogens is 541 g/mol. The van der Waals surface area contributed by atoms with Crippen LogP contribution in [0.2, 0.25) is 5.02 Å². The first-order valence-electron chi connectivity index (χ1n) is 15.3. The predicted octanol–water partition coefficient (Wildman–Crippen LogP) is 5.94. The van der Waals surface area contributed by atoms with E-state index in [0.717, 1.165) is 44.9 Å². The van der Waals surface area contributed by atoms with Crippen molar-refractivity contribution in [3.63, 3.8) is 0 Å². The van der Waals surface area contributed by atoms with Crippen molar-refractivity contribution in [2.45, 2.75) is 69.2 Å². The van der Waals surface area contributed by atoms with Crippen molar-refractivity contribution in [2.24, 2.45) is 0 Å². The lowest BCUT2D eigenvalue weighted by molar-refractivity contribution is -0.133. The van der Waals surface area contributed by atoms with Gasteiger partial charge in [-0.3, -0.25) is 4.79 Å². The summed E-state index contributed by atoms with van der Waals surface area (Å²) >= 11 is 6.28. The number of carbonyl (C=O) groups is 1. The van der Waals surface area contributed by atoms with Crippen LogP contribution < -0.4 is 9.47 Å². The zero-order valence-corrected chi connectivity index (χ0v) is 25.4. The average Bonchev–Trinajstić information content (AvgIpc) is 3.02. The van der Waals surface area contributed by atoms with E-state index in [1.165, 1.54) is 56.8 Å². The highest BCUT2D eigenvalue weighted by Crippen LogP contribution is 2.41. The lowest BCUT2D eigenvalue weighted by Crippen LogP contribution is -2.51. The van der Waals surface area contributed by atoms with Crippen LogP contribution >= 0.6 is 11.6 Å². The third-order valence-electron chi connectivity index (χ3n) is 9.69. The number of halogens is 2. The summed E-state index contributed by atoms with van der Waals surface area (Å²) in [5, 5.41) is 0.300. The molecule has 2 aromatic carbocycles. The van der Waals surface area contributed by atoms with Crippen LogP contribution in [-0.4, -0.2) is 86.7 Å². The molecule has 3 fully saturated rings. The van der Waals surface area contributed by atoms with Crippen molar-refractivity contribution in [1.29, 1.82) is 0 Å². The molecule has 3 heterocycles. The maximum Gasteiger partial charge on any atom is 0.227 e. The minimum atomic E-state index is -0.429. The van der Waals surface area contributed by atoms with Gasteiger partial charge in [0.15, 0.2) is 11.5 Å². The third kappa shape index (κ3) is 7.00. The van der Waals surface area contributed by atoms with E-state index in [9.17, 15) is 9.18 Å². The molecule has 3 aliphatic rings. The molecule has 0 bridgehead atoms. The Hall–Kier alpha value is -2.35. The van der Waals surface area contributed by atoms with E-state index >= 15 is 0 Å². The number of likely N-dealkylation sites (tertiary alicyclic amines) is 3. The van der Waals surface area contributed by atoms with Crippen LogP contribution in [0.4, 0.5) is 4.39 Å². The van der Waals surface area contributed by atoms with Gasteiger partial charge in [-0.05, 0) is 107 Å². The van der Waals surface area contributed by atoms with Crippen molar-refractivity contribution in [2.75, 3.05) is 60.0 Å². The first-order chi connectivity index (χ1) is 19.9. The van der Waals surface area contributed by atoms with Gasteiger partial charge in [0.25, 0.3) is 0 Å². The lowest BCUT2D eigenvalue weighted by atomic mass is 9.71. The second-order valence-electron chi connectivity index (χ2n) is 12.1. The maximum atomic E-state index is 14.5. The summed E-state index contributed by atoms with van der Waals surface area (Å²) in [7, 11) is 3.31. The molecule has 1 amide bonds. The molecule has 0 N–H and O–H groups in total. The Morgan fingerprint density at radius 2 is 1.73 bits per heavy atom. The zero-order chi connectivity index (χ0) is 28.8. The summed E-state index contributed by atoms with van der Waals surface area (Å²) in [6, 6.07) is 11.5. The first-order valence-corrected chi connectivity index (χ1v) is 15.7. The summed E-state index contributed by atoms with van der Waals surface area (Å²) < 4.78 is 25.7. The maximum absolute atomic E-state index is 14.5. The van der Waals surface area contributed by atoms with Crippen molar-refractivity contribution in [3.05, 3.63) is 58.4 Å². The second kappa shape index (κ2) is 13.7. The Balaban J connectivity index is 1.32. The van der Waals surface area contributed by atoms with Gasteiger partial charge < -0.3 is 24.2 Å². The molecule has 224 valence electrons. The van der Waals surface area contributed by atoms with Crippen molar-refractivity contribution < 1.29 is 18.7 Å². The Labute approximate surface area is 249 Å². The van der Waals surface area contributed by atoms with Crippen LogP contribution in [0.5, 0.6) is 11.5 Å². The Morgan fingerprint density at radius 3 is 2.44 bits per heavy atom. The quantitative estimate of drug-likeness (QED) is 0.364. The van der Waals surface area contributed by atoms with Gasteiger partial charge >= 0.3 is 0 Å². The van der Waals surface area contributed by atoms with Gasteiger partial charge in [-0.1, -0.05) is 30.2 Å². The van der Waals surface area contributed by atoms with Crippen molar-refractivity contribution in [3.8, 4) is 11.5 Å². The molecule has 1 unspecified atom stereocenters. The van der Waals surface area contributed by atoms with Crippen LogP contribution in [0, 0.1) is 5.82 Å². The Bertz CT molecular complexity index is 1160. The number of methoxy groups -OCH3 is 2. The highest BCUT2D eigenvalue weighted by molar-refractivity contribution is 6.31. The number of amides is 1. The fraction of sp³-hybridized carbons (Fsp3) is 0.606.